The lowest BCUT2D eigenvalue weighted by Gasteiger charge is -2.65. The first-order valence-electron chi connectivity index (χ1n) is 11.4. The molecule has 2 heterocycles. The maximum atomic E-state index is 12.4. The van der Waals surface area contributed by atoms with E-state index in [4.69, 9.17) is 14.2 Å². The number of phenolic OH excluding ortho intramolecular Hbond substituents is 1. The van der Waals surface area contributed by atoms with E-state index in [0.29, 0.717) is 5.75 Å². The summed E-state index contributed by atoms with van der Waals surface area (Å²) in [5.74, 6) is 0.534. The van der Waals surface area contributed by atoms with Crippen LogP contribution in [-0.4, -0.2) is 72.6 Å². The van der Waals surface area contributed by atoms with Gasteiger partial charge in [0.05, 0.1) is 17.6 Å². The largest absolute Gasteiger partial charge is 0.504 e. The Balaban J connectivity index is 1.54. The summed E-state index contributed by atoms with van der Waals surface area (Å²) in [6.45, 7) is 6.71. The van der Waals surface area contributed by atoms with Crippen LogP contribution in [0.25, 0.3) is 0 Å². The Morgan fingerprint density at radius 1 is 1.35 bits per heavy atom. The number of hydrogen-bond donors (Lipinski definition) is 2. The van der Waals surface area contributed by atoms with E-state index >= 15 is 0 Å². The standard InChI is InChI=1S/C24H34N2O5/c1-22(2,3)31-18(28)13-25-15-8-9-24(29-5)17-12-14-6-7-16(27)20-19(14)23(24,21(15)30-20)10-11-26(17)4/h6-7,15,17,21,25,27H,8-13H2,1-5H3/t15-,17?,21+,23+,24-/m1/s1. The fourth-order valence-corrected chi connectivity index (χ4v) is 6.94. The van der Waals surface area contributed by atoms with Gasteiger partial charge in [0.2, 0.25) is 0 Å². The Morgan fingerprint density at radius 2 is 2.13 bits per heavy atom. The van der Waals surface area contributed by atoms with E-state index in [9.17, 15) is 9.90 Å². The van der Waals surface area contributed by atoms with Crippen molar-refractivity contribution in [3.8, 4) is 11.5 Å². The van der Waals surface area contributed by atoms with Crippen LogP contribution in [0.15, 0.2) is 12.1 Å². The maximum absolute atomic E-state index is 12.4. The lowest BCUT2D eigenvalue weighted by atomic mass is 9.48. The van der Waals surface area contributed by atoms with Gasteiger partial charge in [0.15, 0.2) is 11.5 Å². The molecule has 170 valence electrons. The molecule has 2 aliphatic carbocycles. The number of carbonyl (C=O) groups is 1. The highest BCUT2D eigenvalue weighted by molar-refractivity contribution is 5.72. The van der Waals surface area contributed by atoms with E-state index in [1.807, 2.05) is 33.9 Å². The minimum atomic E-state index is -0.513. The Kier molecular flexibility index (Phi) is 4.64. The number of hydrogen-bond acceptors (Lipinski definition) is 7. The quantitative estimate of drug-likeness (QED) is 0.709. The van der Waals surface area contributed by atoms with E-state index in [2.05, 4.69) is 17.3 Å². The predicted molar refractivity (Wildman–Crippen MR) is 116 cm³/mol. The summed E-state index contributed by atoms with van der Waals surface area (Å²) in [6.07, 6.45) is 3.28. The fourth-order valence-electron chi connectivity index (χ4n) is 6.94. The number of likely N-dealkylation sites (tertiary alicyclic amines) is 1. The first kappa shape index (κ1) is 21.0. The summed E-state index contributed by atoms with van der Waals surface area (Å²) < 4.78 is 18.5. The predicted octanol–water partition coefficient (Wildman–Crippen LogP) is 2.13. The zero-order valence-electron chi connectivity index (χ0n) is 19.2. The molecule has 1 saturated heterocycles. The normalized spacial score (nSPS) is 36.0. The van der Waals surface area contributed by atoms with Crippen molar-refractivity contribution in [1.29, 1.82) is 0 Å². The second kappa shape index (κ2) is 6.83. The first-order chi connectivity index (χ1) is 14.6. The van der Waals surface area contributed by atoms with Crippen molar-refractivity contribution >= 4 is 5.97 Å². The van der Waals surface area contributed by atoms with Gasteiger partial charge in [-0.25, -0.2) is 0 Å². The first-order valence-corrected chi connectivity index (χ1v) is 11.4. The average Bonchev–Trinajstić information content (AvgIpc) is 3.05. The molecule has 1 unspecified atom stereocenters. The van der Waals surface area contributed by atoms with Crippen LogP contribution in [0.1, 0.15) is 51.2 Å². The molecule has 2 bridgehead atoms. The van der Waals surface area contributed by atoms with Crippen LogP contribution in [0.5, 0.6) is 11.5 Å². The molecule has 7 heteroatoms. The number of esters is 1. The highest BCUT2D eigenvalue weighted by Gasteiger charge is 2.73. The maximum Gasteiger partial charge on any atom is 0.320 e. The SMILES string of the molecule is CO[C@@]12CC[C@@H](NCC(=O)OC(C)(C)C)[C@@H]3Oc4c(O)ccc5c4[C@@]31CCN(C)C2C5. The molecule has 0 amide bonds. The summed E-state index contributed by atoms with van der Waals surface area (Å²) in [6, 6.07) is 4.02. The van der Waals surface area contributed by atoms with E-state index < -0.39 is 5.60 Å². The van der Waals surface area contributed by atoms with Crippen molar-refractivity contribution in [2.75, 3.05) is 27.2 Å². The van der Waals surface area contributed by atoms with Crippen molar-refractivity contribution in [2.45, 2.75) is 81.3 Å². The smallest absolute Gasteiger partial charge is 0.320 e. The summed E-state index contributed by atoms with van der Waals surface area (Å²) in [7, 11) is 4.01. The number of methoxy groups -OCH3 is 1. The molecule has 2 aliphatic heterocycles. The second-order valence-corrected chi connectivity index (χ2v) is 10.6. The van der Waals surface area contributed by atoms with Crippen LogP contribution in [0.2, 0.25) is 0 Å². The fraction of sp³-hybridized carbons (Fsp3) is 0.708. The van der Waals surface area contributed by atoms with Gasteiger partial charge in [0, 0.05) is 24.8 Å². The van der Waals surface area contributed by atoms with Gasteiger partial charge >= 0.3 is 5.97 Å². The van der Waals surface area contributed by atoms with Crippen LogP contribution in [0.3, 0.4) is 0 Å². The number of benzene rings is 1. The zero-order valence-corrected chi connectivity index (χ0v) is 19.2. The van der Waals surface area contributed by atoms with Crippen molar-refractivity contribution in [2.24, 2.45) is 0 Å². The third-order valence-corrected chi connectivity index (χ3v) is 7.98. The number of carbonyl (C=O) groups excluding carboxylic acids is 1. The molecule has 0 radical (unpaired) electrons. The number of nitrogens with one attached hydrogen (secondary N) is 1. The molecule has 1 saturated carbocycles. The van der Waals surface area contributed by atoms with Gasteiger partial charge in [-0.15, -0.1) is 0 Å². The Labute approximate surface area is 184 Å². The average molecular weight is 431 g/mol. The van der Waals surface area contributed by atoms with Crippen molar-refractivity contribution < 1.29 is 24.1 Å². The third kappa shape index (κ3) is 2.79. The number of likely N-dealkylation sites (N-methyl/N-ethyl adjacent to an activating group) is 1. The molecule has 1 aromatic rings. The third-order valence-electron chi connectivity index (χ3n) is 7.98. The van der Waals surface area contributed by atoms with Gasteiger partial charge in [0.1, 0.15) is 11.7 Å². The minimum Gasteiger partial charge on any atom is -0.504 e. The highest BCUT2D eigenvalue weighted by atomic mass is 16.6. The van der Waals surface area contributed by atoms with Crippen molar-refractivity contribution in [3.63, 3.8) is 0 Å². The van der Waals surface area contributed by atoms with Crippen LogP contribution < -0.4 is 10.1 Å². The number of nitrogens with zero attached hydrogens (tertiary/aromatic N) is 1. The molecule has 31 heavy (non-hydrogen) atoms. The molecule has 0 aromatic heterocycles. The molecule has 1 spiro atoms. The minimum absolute atomic E-state index is 0.0300. The Hall–Kier alpha value is -1.83. The summed E-state index contributed by atoms with van der Waals surface area (Å²) in [5.41, 5.74) is 1.14. The van der Waals surface area contributed by atoms with Crippen LogP contribution >= 0.6 is 0 Å². The molecule has 7 nitrogen and oxygen atoms in total. The second-order valence-electron chi connectivity index (χ2n) is 10.6. The van der Waals surface area contributed by atoms with Crippen molar-refractivity contribution in [3.05, 3.63) is 23.3 Å². The molecule has 1 aromatic carbocycles. The Morgan fingerprint density at radius 3 is 2.84 bits per heavy atom. The van der Waals surface area contributed by atoms with Gasteiger partial charge in [-0.2, -0.15) is 0 Å². The number of phenols is 1. The molecular weight excluding hydrogens is 396 g/mol. The lowest BCUT2D eigenvalue weighted by molar-refractivity contribution is -0.203. The number of aromatic hydroxyl groups is 1. The van der Waals surface area contributed by atoms with E-state index in [1.165, 1.54) is 5.56 Å². The number of rotatable bonds is 4. The molecular formula is C24H34N2O5. The Bertz CT molecular complexity index is 912. The van der Waals surface area contributed by atoms with Gasteiger partial charge in [-0.1, -0.05) is 6.07 Å². The number of piperidine rings is 1. The summed E-state index contributed by atoms with van der Waals surface area (Å²) in [4.78, 5) is 14.8. The van der Waals surface area contributed by atoms with E-state index in [0.717, 1.165) is 37.8 Å². The molecule has 4 aliphatic rings. The number of ether oxygens (including phenoxy) is 3. The highest BCUT2D eigenvalue weighted by Crippen LogP contribution is 2.66. The monoisotopic (exact) mass is 430 g/mol. The van der Waals surface area contributed by atoms with Gasteiger partial charge < -0.3 is 29.5 Å². The lowest BCUT2D eigenvalue weighted by Crippen LogP contribution is -2.78. The van der Waals surface area contributed by atoms with Crippen LogP contribution in [0, 0.1) is 0 Å². The molecule has 5 rings (SSSR count). The van der Waals surface area contributed by atoms with Crippen LogP contribution in [0.4, 0.5) is 0 Å². The zero-order chi connectivity index (χ0) is 22.2. The molecule has 2 N–H and O–H groups in total. The molecule has 2 fully saturated rings. The topological polar surface area (TPSA) is 80.3 Å². The molecule has 5 atom stereocenters. The summed E-state index contributed by atoms with van der Waals surface area (Å²) >= 11 is 0. The van der Waals surface area contributed by atoms with Gasteiger partial charge in [-0.3, -0.25) is 4.79 Å². The summed E-state index contributed by atoms with van der Waals surface area (Å²) in [5, 5.41) is 14.1. The van der Waals surface area contributed by atoms with Crippen molar-refractivity contribution in [1.82, 2.24) is 10.2 Å². The van der Waals surface area contributed by atoms with Crippen LogP contribution in [-0.2, 0) is 26.1 Å². The van der Waals surface area contributed by atoms with Gasteiger partial charge in [0.25, 0.3) is 0 Å². The van der Waals surface area contributed by atoms with E-state index in [-0.39, 0.29) is 47.5 Å². The van der Waals surface area contributed by atoms with Gasteiger partial charge in [-0.05, 0) is 71.7 Å². The van der Waals surface area contributed by atoms with E-state index in [1.54, 1.807) is 6.07 Å².